The minimum absolute atomic E-state index is 0.0459. The van der Waals surface area contributed by atoms with E-state index in [2.05, 4.69) is 42.5 Å². The highest BCUT2D eigenvalue weighted by Crippen LogP contribution is 2.08. The topological polar surface area (TPSA) is 391 Å². The number of carboxylic acid groups (broad SMARTS) is 3. The van der Waals surface area contributed by atoms with Gasteiger partial charge in [-0.25, -0.2) is 4.79 Å². The van der Waals surface area contributed by atoms with Crippen LogP contribution in [0.5, 0.6) is 0 Å². The van der Waals surface area contributed by atoms with Gasteiger partial charge in [0.25, 0.3) is 0 Å². The van der Waals surface area contributed by atoms with Gasteiger partial charge in [0.05, 0.1) is 32.5 Å². The summed E-state index contributed by atoms with van der Waals surface area (Å²) in [6, 6.07) is 14.3. The standard InChI is InChI=1S/C45H55N9O15/c1-25(39(62)52-33(21-38(60)61)44(67)54-34(45(68)69)19-28-15-9-4-10-16-28)49-43(66)31(18-27-13-7-3-8-14-27)50-35(56)22-48-42(65)32(20-37(58)59)51-36(57)23-47-41(64)30(53-40(63)29(46)24-55)17-26-11-5-2-6-12-26/h2-16,25,29-34,55H,17-24,46H2,1H3,(H,47,64)(H,48,65)(H,49,66)(H,50,56)(H,51,57)(H,52,62)(H,53,63)(H,54,67)(H,58,59)(H,60,61)(H,68,69)/t25-,29-,30-,31-,32-,33-,34-/m0/s1. The van der Waals surface area contributed by atoms with E-state index in [0.717, 1.165) is 0 Å². The van der Waals surface area contributed by atoms with Crippen LogP contribution in [-0.4, -0.2) is 148 Å². The molecule has 69 heavy (non-hydrogen) atoms. The Kier molecular flexibility index (Phi) is 22.4. The molecule has 0 heterocycles. The molecule has 24 heteroatoms. The fourth-order valence-electron chi connectivity index (χ4n) is 6.32. The van der Waals surface area contributed by atoms with Crippen LogP contribution < -0.4 is 48.3 Å². The van der Waals surface area contributed by atoms with Crippen molar-refractivity contribution >= 4 is 65.2 Å². The lowest BCUT2D eigenvalue weighted by Crippen LogP contribution is -2.58. The number of rotatable bonds is 28. The molecule has 7 atom stereocenters. The number of carbonyl (C=O) groups is 11. The molecule has 0 spiro atoms. The molecule has 3 aromatic rings. The van der Waals surface area contributed by atoms with Gasteiger partial charge in [0, 0.05) is 19.3 Å². The van der Waals surface area contributed by atoms with Crippen molar-refractivity contribution in [2.45, 2.75) is 81.3 Å². The molecule has 0 saturated carbocycles. The molecule has 0 aliphatic heterocycles. The molecule has 0 unspecified atom stereocenters. The third kappa shape index (κ3) is 20.0. The lowest BCUT2D eigenvalue weighted by molar-refractivity contribution is -0.143. The molecular formula is C45H55N9O15. The summed E-state index contributed by atoms with van der Waals surface area (Å²) in [6.07, 6.45) is -2.31. The summed E-state index contributed by atoms with van der Waals surface area (Å²) < 4.78 is 0. The highest BCUT2D eigenvalue weighted by atomic mass is 16.4. The van der Waals surface area contributed by atoms with Gasteiger partial charge in [-0.05, 0) is 23.6 Å². The smallest absolute Gasteiger partial charge is 0.326 e. The number of aliphatic carboxylic acids is 3. The Hall–Kier alpha value is -8.25. The van der Waals surface area contributed by atoms with Gasteiger partial charge in [-0.1, -0.05) is 91.0 Å². The number of hydrogen-bond donors (Lipinski definition) is 13. The van der Waals surface area contributed by atoms with Crippen molar-refractivity contribution < 1.29 is 73.2 Å². The number of amides is 8. The summed E-state index contributed by atoms with van der Waals surface area (Å²) in [5.74, 6) is -12.5. The molecular weight excluding hydrogens is 907 g/mol. The average Bonchev–Trinajstić information content (AvgIpc) is 3.31. The Labute approximate surface area is 394 Å². The molecule has 370 valence electrons. The normalized spacial score (nSPS) is 13.7. The van der Waals surface area contributed by atoms with Crippen molar-refractivity contribution in [1.82, 2.24) is 42.5 Å². The van der Waals surface area contributed by atoms with E-state index in [-0.39, 0.29) is 19.3 Å². The van der Waals surface area contributed by atoms with Crippen LogP contribution in [0.4, 0.5) is 0 Å². The van der Waals surface area contributed by atoms with Crippen molar-refractivity contribution in [1.29, 1.82) is 0 Å². The van der Waals surface area contributed by atoms with Crippen LogP contribution in [0.1, 0.15) is 36.5 Å². The number of aliphatic hydroxyl groups excluding tert-OH is 1. The van der Waals surface area contributed by atoms with Crippen LogP contribution in [0.3, 0.4) is 0 Å². The largest absolute Gasteiger partial charge is 0.481 e. The predicted molar refractivity (Wildman–Crippen MR) is 241 cm³/mol. The Bertz CT molecular complexity index is 2290. The van der Waals surface area contributed by atoms with E-state index >= 15 is 0 Å². The van der Waals surface area contributed by atoms with Gasteiger partial charge >= 0.3 is 17.9 Å². The molecule has 0 saturated heterocycles. The summed E-state index contributed by atoms with van der Waals surface area (Å²) in [4.78, 5) is 140. The Morgan fingerprint density at radius 1 is 0.449 bits per heavy atom. The minimum Gasteiger partial charge on any atom is -0.481 e. The molecule has 0 aliphatic carbocycles. The molecule has 24 nitrogen and oxygen atoms in total. The molecule has 0 radical (unpaired) electrons. The molecule has 0 fully saturated rings. The SMILES string of the molecule is C[C@H](NC(=O)[C@H](Cc1ccccc1)NC(=O)CNC(=O)[C@H](CC(=O)O)NC(=O)CNC(=O)[C@H](Cc1ccccc1)NC(=O)[C@@H](N)CO)C(=O)N[C@@H](CC(=O)O)C(=O)N[C@@H](Cc1ccccc1)C(=O)O. The summed E-state index contributed by atoms with van der Waals surface area (Å²) in [5, 5.41) is 56.1. The zero-order valence-corrected chi connectivity index (χ0v) is 37.2. The van der Waals surface area contributed by atoms with E-state index in [4.69, 9.17) is 5.73 Å². The molecule has 14 N–H and O–H groups in total. The van der Waals surface area contributed by atoms with E-state index in [1.807, 2.05) is 0 Å². The zero-order chi connectivity index (χ0) is 51.0. The molecule has 0 aliphatic rings. The molecule has 3 aromatic carbocycles. The molecule has 8 amide bonds. The fraction of sp³-hybridized carbons (Fsp3) is 0.356. The summed E-state index contributed by atoms with van der Waals surface area (Å²) in [7, 11) is 0. The van der Waals surface area contributed by atoms with Gasteiger partial charge in [-0.2, -0.15) is 0 Å². The summed E-state index contributed by atoms with van der Waals surface area (Å²) in [5.41, 5.74) is 7.26. The van der Waals surface area contributed by atoms with Gasteiger partial charge in [-0.3, -0.25) is 47.9 Å². The van der Waals surface area contributed by atoms with Gasteiger partial charge in [0.15, 0.2) is 0 Å². The number of carbonyl (C=O) groups excluding carboxylic acids is 8. The lowest BCUT2D eigenvalue weighted by Gasteiger charge is -2.24. The van der Waals surface area contributed by atoms with Crippen LogP contribution in [0.25, 0.3) is 0 Å². The van der Waals surface area contributed by atoms with E-state index < -0.39 is 140 Å². The predicted octanol–water partition coefficient (Wildman–Crippen LogP) is -3.77. The van der Waals surface area contributed by atoms with Crippen molar-refractivity contribution in [3.8, 4) is 0 Å². The van der Waals surface area contributed by atoms with Crippen molar-refractivity contribution in [2.24, 2.45) is 5.73 Å². The van der Waals surface area contributed by atoms with Crippen LogP contribution in [-0.2, 0) is 72.0 Å². The Morgan fingerprint density at radius 2 is 0.797 bits per heavy atom. The van der Waals surface area contributed by atoms with E-state index in [9.17, 15) is 73.2 Å². The van der Waals surface area contributed by atoms with Gasteiger partial charge in [-0.15, -0.1) is 0 Å². The second kappa shape index (κ2) is 28.0. The number of carboxylic acids is 3. The second-order valence-electron chi connectivity index (χ2n) is 15.5. The van der Waals surface area contributed by atoms with Gasteiger partial charge < -0.3 is 68.7 Å². The first-order valence-corrected chi connectivity index (χ1v) is 21.3. The summed E-state index contributed by atoms with van der Waals surface area (Å²) >= 11 is 0. The van der Waals surface area contributed by atoms with Crippen molar-refractivity contribution in [3.63, 3.8) is 0 Å². The van der Waals surface area contributed by atoms with E-state index in [1.54, 1.807) is 91.0 Å². The maximum atomic E-state index is 13.6. The summed E-state index contributed by atoms with van der Waals surface area (Å²) in [6.45, 7) is -1.18. The van der Waals surface area contributed by atoms with Crippen molar-refractivity contribution in [2.75, 3.05) is 19.7 Å². The van der Waals surface area contributed by atoms with E-state index in [0.29, 0.717) is 16.7 Å². The number of benzene rings is 3. The number of aliphatic hydroxyl groups is 1. The van der Waals surface area contributed by atoms with E-state index in [1.165, 1.54) is 6.92 Å². The van der Waals surface area contributed by atoms with Crippen LogP contribution in [0.15, 0.2) is 91.0 Å². The monoisotopic (exact) mass is 961 g/mol. The first-order chi connectivity index (χ1) is 32.8. The highest BCUT2D eigenvalue weighted by Gasteiger charge is 2.32. The average molecular weight is 962 g/mol. The first kappa shape index (κ1) is 55.1. The number of hydrogen-bond acceptors (Lipinski definition) is 13. The quantitative estimate of drug-likeness (QED) is 0.0332. The molecule has 3 rings (SSSR count). The number of nitrogens with one attached hydrogen (secondary N) is 8. The highest BCUT2D eigenvalue weighted by molar-refractivity contribution is 5.98. The third-order valence-electron chi connectivity index (χ3n) is 9.92. The maximum Gasteiger partial charge on any atom is 0.326 e. The lowest BCUT2D eigenvalue weighted by atomic mass is 10.0. The van der Waals surface area contributed by atoms with Crippen LogP contribution in [0, 0.1) is 0 Å². The third-order valence-corrected chi connectivity index (χ3v) is 9.92. The Balaban J connectivity index is 1.65. The van der Waals surface area contributed by atoms with Crippen LogP contribution in [0.2, 0.25) is 0 Å². The zero-order valence-electron chi connectivity index (χ0n) is 37.2. The van der Waals surface area contributed by atoms with Gasteiger partial charge in [0.1, 0.15) is 42.3 Å². The maximum absolute atomic E-state index is 13.6. The van der Waals surface area contributed by atoms with Crippen LogP contribution >= 0.6 is 0 Å². The Morgan fingerprint density at radius 3 is 1.22 bits per heavy atom. The minimum atomic E-state index is -1.78. The van der Waals surface area contributed by atoms with Gasteiger partial charge in [0.2, 0.25) is 47.3 Å². The first-order valence-electron chi connectivity index (χ1n) is 21.3. The fourth-order valence-corrected chi connectivity index (χ4v) is 6.32. The molecule has 0 bridgehead atoms. The van der Waals surface area contributed by atoms with Crippen molar-refractivity contribution in [3.05, 3.63) is 108 Å². The molecule has 0 aromatic heterocycles. The second-order valence-corrected chi connectivity index (χ2v) is 15.5. The number of nitrogens with two attached hydrogens (primary N) is 1.